The Morgan fingerprint density at radius 3 is 3.10 bits per heavy atom. The first-order valence-corrected chi connectivity index (χ1v) is 5.57. The van der Waals surface area contributed by atoms with Gasteiger partial charge < -0.3 is 4.98 Å². The van der Waals surface area contributed by atoms with Crippen molar-refractivity contribution in [1.29, 1.82) is 5.26 Å². The molecule has 1 amide bonds. The monoisotopic (exact) mass is 271 g/mol. The van der Waals surface area contributed by atoms with Crippen LogP contribution in [0.2, 0.25) is 0 Å². The molecule has 0 aliphatic rings. The molecule has 0 unspecified atom stereocenters. The molecule has 100 valence electrons. The molecule has 0 spiro atoms. The maximum Gasteiger partial charge on any atom is 0.279 e. The van der Waals surface area contributed by atoms with Crippen molar-refractivity contribution in [1.82, 2.24) is 10.4 Å². The normalized spacial score (nSPS) is 10.6. The Balaban J connectivity index is 2.32. The van der Waals surface area contributed by atoms with Crippen LogP contribution < -0.4 is 5.43 Å². The number of nitro groups is 1. The van der Waals surface area contributed by atoms with E-state index < -0.39 is 10.8 Å². The van der Waals surface area contributed by atoms with E-state index in [1.165, 1.54) is 12.3 Å². The van der Waals surface area contributed by atoms with Gasteiger partial charge in [0.2, 0.25) is 0 Å². The fourth-order valence-electron chi connectivity index (χ4n) is 1.73. The molecule has 0 bridgehead atoms. The first-order chi connectivity index (χ1) is 9.63. The van der Waals surface area contributed by atoms with Gasteiger partial charge in [-0.3, -0.25) is 14.9 Å². The highest BCUT2D eigenvalue weighted by Gasteiger charge is 2.15. The van der Waals surface area contributed by atoms with Crippen LogP contribution in [0.5, 0.6) is 0 Å². The largest absolute Gasteiger partial charge is 0.360 e. The number of aromatic nitrogens is 1. The molecule has 0 aliphatic carbocycles. The highest BCUT2D eigenvalue weighted by atomic mass is 16.6. The van der Waals surface area contributed by atoms with E-state index in [1.54, 1.807) is 24.4 Å². The number of aromatic amines is 1. The molecule has 0 radical (unpaired) electrons. The molecule has 2 rings (SSSR count). The zero-order valence-electron chi connectivity index (χ0n) is 10.2. The van der Waals surface area contributed by atoms with Crippen molar-refractivity contribution in [3.63, 3.8) is 0 Å². The number of H-pyrrole nitrogens is 1. The van der Waals surface area contributed by atoms with Gasteiger partial charge in [0.25, 0.3) is 11.6 Å². The van der Waals surface area contributed by atoms with E-state index in [0.717, 1.165) is 0 Å². The molecule has 8 heteroatoms. The van der Waals surface area contributed by atoms with Crippen LogP contribution in [0, 0.1) is 21.4 Å². The number of nitriles is 1. The summed E-state index contributed by atoms with van der Waals surface area (Å²) in [5, 5.41) is 23.4. The topological polar surface area (TPSA) is 124 Å². The number of carbonyl (C=O) groups is 1. The summed E-state index contributed by atoms with van der Waals surface area (Å²) in [4.78, 5) is 24.4. The number of hydrazone groups is 1. The van der Waals surface area contributed by atoms with Crippen molar-refractivity contribution in [2.45, 2.75) is 6.42 Å². The standard InChI is InChI=1S/C12H9N5O3/c13-5-4-11(18)16-15-7-8-6-14-9-2-1-3-10(12(8)9)17(19)20/h1-3,6-7,14H,4H2,(H,16,18)/b15-7+. The van der Waals surface area contributed by atoms with E-state index in [4.69, 9.17) is 5.26 Å². The summed E-state index contributed by atoms with van der Waals surface area (Å²) in [6.07, 6.45) is 2.55. The van der Waals surface area contributed by atoms with Crippen LogP contribution in [0.15, 0.2) is 29.5 Å². The lowest BCUT2D eigenvalue weighted by atomic mass is 10.1. The number of benzene rings is 1. The smallest absolute Gasteiger partial charge is 0.279 e. The molecule has 2 aromatic rings. The number of hydrogen-bond acceptors (Lipinski definition) is 5. The third-order valence-corrected chi connectivity index (χ3v) is 2.54. The highest BCUT2D eigenvalue weighted by Crippen LogP contribution is 2.27. The van der Waals surface area contributed by atoms with E-state index in [2.05, 4.69) is 15.5 Å². The lowest BCUT2D eigenvalue weighted by Gasteiger charge is -1.96. The van der Waals surface area contributed by atoms with Crippen LogP contribution in [-0.2, 0) is 4.79 Å². The number of nitrogens with zero attached hydrogens (tertiary/aromatic N) is 3. The molecule has 1 aromatic heterocycles. The van der Waals surface area contributed by atoms with Gasteiger partial charge in [-0.05, 0) is 6.07 Å². The number of nitrogens with one attached hydrogen (secondary N) is 2. The second kappa shape index (κ2) is 5.62. The fourth-order valence-corrected chi connectivity index (χ4v) is 1.73. The van der Waals surface area contributed by atoms with E-state index in [-0.39, 0.29) is 12.1 Å². The van der Waals surface area contributed by atoms with Crippen LogP contribution in [0.4, 0.5) is 5.69 Å². The van der Waals surface area contributed by atoms with Crippen LogP contribution in [0.3, 0.4) is 0 Å². The van der Waals surface area contributed by atoms with Crippen molar-refractivity contribution in [3.8, 4) is 6.07 Å². The van der Waals surface area contributed by atoms with Crippen molar-refractivity contribution >= 4 is 28.7 Å². The summed E-state index contributed by atoms with van der Waals surface area (Å²) in [6, 6.07) is 6.35. The average molecular weight is 271 g/mol. The van der Waals surface area contributed by atoms with Gasteiger partial charge in [0.05, 0.1) is 28.1 Å². The third-order valence-electron chi connectivity index (χ3n) is 2.54. The summed E-state index contributed by atoms with van der Waals surface area (Å²) in [6.45, 7) is 0. The Kier molecular flexibility index (Phi) is 3.72. The predicted molar refractivity (Wildman–Crippen MR) is 70.9 cm³/mol. The second-order valence-corrected chi connectivity index (χ2v) is 3.83. The van der Waals surface area contributed by atoms with Gasteiger partial charge in [-0.2, -0.15) is 10.4 Å². The Morgan fingerprint density at radius 1 is 1.60 bits per heavy atom. The van der Waals surface area contributed by atoms with E-state index >= 15 is 0 Å². The van der Waals surface area contributed by atoms with Gasteiger partial charge in [-0.15, -0.1) is 0 Å². The summed E-state index contributed by atoms with van der Waals surface area (Å²) in [7, 11) is 0. The van der Waals surface area contributed by atoms with Crippen molar-refractivity contribution in [2.24, 2.45) is 5.10 Å². The first-order valence-electron chi connectivity index (χ1n) is 5.57. The molecular formula is C12H9N5O3. The Hall–Kier alpha value is -3.21. The van der Waals surface area contributed by atoms with E-state index in [9.17, 15) is 14.9 Å². The van der Waals surface area contributed by atoms with E-state index in [0.29, 0.717) is 16.5 Å². The maximum atomic E-state index is 11.0. The summed E-state index contributed by atoms with van der Waals surface area (Å²) in [5.41, 5.74) is 3.19. The minimum absolute atomic E-state index is 0.0476. The number of non-ortho nitro benzene ring substituents is 1. The third kappa shape index (κ3) is 2.62. The van der Waals surface area contributed by atoms with Crippen LogP contribution in [0.25, 0.3) is 10.9 Å². The van der Waals surface area contributed by atoms with Crippen LogP contribution >= 0.6 is 0 Å². The molecule has 0 atom stereocenters. The van der Waals surface area contributed by atoms with Crippen LogP contribution in [0.1, 0.15) is 12.0 Å². The fraction of sp³-hybridized carbons (Fsp3) is 0.0833. The number of hydrogen-bond donors (Lipinski definition) is 2. The number of amides is 1. The molecule has 0 aliphatic heterocycles. The van der Waals surface area contributed by atoms with Gasteiger partial charge in [-0.25, -0.2) is 5.43 Å². The average Bonchev–Trinajstić information content (AvgIpc) is 2.82. The summed E-state index contributed by atoms with van der Waals surface area (Å²) in [5.74, 6) is -0.543. The minimum atomic E-state index is -0.543. The van der Waals surface area contributed by atoms with Gasteiger partial charge in [0, 0.05) is 17.8 Å². The van der Waals surface area contributed by atoms with E-state index in [1.807, 2.05) is 0 Å². The van der Waals surface area contributed by atoms with Gasteiger partial charge in [0.1, 0.15) is 6.42 Å². The molecule has 0 saturated carbocycles. The number of rotatable bonds is 4. The van der Waals surface area contributed by atoms with Gasteiger partial charge >= 0.3 is 0 Å². The molecule has 0 fully saturated rings. The molecule has 2 N–H and O–H groups in total. The van der Waals surface area contributed by atoms with Crippen molar-refractivity contribution < 1.29 is 9.72 Å². The lowest BCUT2D eigenvalue weighted by Crippen LogP contribution is -2.16. The lowest BCUT2D eigenvalue weighted by molar-refractivity contribution is -0.383. The predicted octanol–water partition coefficient (Wildman–Crippen LogP) is 1.44. The van der Waals surface area contributed by atoms with Crippen molar-refractivity contribution in [3.05, 3.63) is 40.1 Å². The Morgan fingerprint density at radius 2 is 2.40 bits per heavy atom. The summed E-state index contributed by atoms with van der Waals surface area (Å²) < 4.78 is 0. The molecule has 8 nitrogen and oxygen atoms in total. The van der Waals surface area contributed by atoms with Crippen molar-refractivity contribution in [2.75, 3.05) is 0 Å². The molecule has 20 heavy (non-hydrogen) atoms. The number of nitro benzene ring substituents is 1. The zero-order chi connectivity index (χ0) is 14.5. The molecule has 1 heterocycles. The quantitative estimate of drug-likeness (QED) is 0.495. The SMILES string of the molecule is N#CCC(=O)N/N=C/c1c[nH]c2cccc([N+](=O)[O-])c12. The number of carbonyl (C=O) groups excluding carboxylic acids is 1. The first kappa shape index (κ1) is 13.2. The van der Waals surface area contributed by atoms with Gasteiger partial charge in [-0.1, -0.05) is 6.07 Å². The zero-order valence-corrected chi connectivity index (χ0v) is 10.2. The van der Waals surface area contributed by atoms with Gasteiger partial charge in [0.15, 0.2) is 0 Å². The maximum absolute atomic E-state index is 11.0. The second-order valence-electron chi connectivity index (χ2n) is 3.83. The summed E-state index contributed by atoms with van der Waals surface area (Å²) >= 11 is 0. The number of fused-ring (bicyclic) bond motifs is 1. The Labute approximate surface area is 112 Å². The molecule has 1 aromatic carbocycles. The minimum Gasteiger partial charge on any atom is -0.360 e. The highest BCUT2D eigenvalue weighted by molar-refractivity contribution is 6.04. The molecule has 0 saturated heterocycles. The molecular weight excluding hydrogens is 262 g/mol. The van der Waals surface area contributed by atoms with Crippen LogP contribution in [-0.4, -0.2) is 22.0 Å². The Bertz CT molecular complexity index is 741.